The summed E-state index contributed by atoms with van der Waals surface area (Å²) in [6.07, 6.45) is 4.47. The Morgan fingerprint density at radius 3 is 2.48 bits per heavy atom. The van der Waals surface area contributed by atoms with E-state index in [1.807, 2.05) is 30.5 Å². The molecule has 1 aliphatic rings. The highest BCUT2D eigenvalue weighted by Gasteiger charge is 2.36. The monoisotopic (exact) mass is 615 g/mol. The number of nitrogens with zero attached hydrogens (tertiary/aromatic N) is 3. The minimum Gasteiger partial charge on any atom is -0.444 e. The number of aromatic nitrogens is 3. The lowest BCUT2D eigenvalue weighted by Gasteiger charge is -2.38. The van der Waals surface area contributed by atoms with Gasteiger partial charge in [0.1, 0.15) is 5.60 Å². The summed E-state index contributed by atoms with van der Waals surface area (Å²) < 4.78 is 5.63. The number of aromatic amines is 1. The first-order valence-corrected chi connectivity index (χ1v) is 14.5. The van der Waals surface area contributed by atoms with Crippen molar-refractivity contribution in [1.29, 1.82) is 0 Å². The van der Waals surface area contributed by atoms with Crippen molar-refractivity contribution >= 4 is 57.7 Å². The number of rotatable bonds is 7. The summed E-state index contributed by atoms with van der Waals surface area (Å²) in [5.74, 6) is -0.830. The second-order valence-corrected chi connectivity index (χ2v) is 12.0. The maximum atomic E-state index is 13.5. The normalized spacial score (nSPS) is 16.7. The van der Waals surface area contributed by atoms with Crippen molar-refractivity contribution in [3.8, 4) is 11.3 Å². The third-order valence-corrected chi connectivity index (χ3v) is 7.28. The summed E-state index contributed by atoms with van der Waals surface area (Å²) in [6, 6.07) is 14.2. The smallest absolute Gasteiger partial charge is 0.410 e. The fraction of sp³-hybridized carbons (Fsp3) is 0.281. The van der Waals surface area contributed by atoms with E-state index in [0.29, 0.717) is 34.5 Å². The summed E-state index contributed by atoms with van der Waals surface area (Å²) >= 11 is 6.53. The third-order valence-electron chi connectivity index (χ3n) is 7.00. The molecule has 1 saturated heterocycles. The van der Waals surface area contributed by atoms with Gasteiger partial charge in [-0.05, 0) is 63.6 Å². The third kappa shape index (κ3) is 7.35. The summed E-state index contributed by atoms with van der Waals surface area (Å²) in [6.45, 7) is 9.28. The molecule has 4 N–H and O–H groups in total. The highest BCUT2D eigenvalue weighted by atomic mass is 35.5. The van der Waals surface area contributed by atoms with Crippen LogP contribution in [0.1, 0.15) is 27.2 Å². The number of hydrogen-bond acceptors (Lipinski definition) is 7. The number of carbonyl (C=O) groups excluding carboxylic acids is 3. The number of amides is 3. The fourth-order valence-corrected chi connectivity index (χ4v) is 5.21. The van der Waals surface area contributed by atoms with Crippen molar-refractivity contribution in [2.75, 3.05) is 29.0 Å². The summed E-state index contributed by atoms with van der Waals surface area (Å²) in [5, 5.41) is 10.3. The zero-order valence-corrected chi connectivity index (χ0v) is 25.4. The molecule has 1 aliphatic heterocycles. The molecule has 2 aromatic heterocycles. The molecule has 4 aromatic rings. The van der Waals surface area contributed by atoms with Crippen LogP contribution < -0.4 is 16.0 Å². The van der Waals surface area contributed by atoms with Crippen LogP contribution >= 0.6 is 11.6 Å². The second-order valence-electron chi connectivity index (χ2n) is 11.6. The summed E-state index contributed by atoms with van der Waals surface area (Å²) in [7, 11) is 0. The molecule has 2 atom stereocenters. The van der Waals surface area contributed by atoms with E-state index in [4.69, 9.17) is 21.3 Å². The first-order valence-electron chi connectivity index (χ1n) is 14.2. The van der Waals surface area contributed by atoms with E-state index in [0.717, 1.165) is 16.5 Å². The van der Waals surface area contributed by atoms with E-state index < -0.39 is 17.6 Å². The molecule has 0 bridgehead atoms. The first-order chi connectivity index (χ1) is 21.0. The minimum absolute atomic E-state index is 0.175. The van der Waals surface area contributed by atoms with Gasteiger partial charge in [-0.15, -0.1) is 0 Å². The highest BCUT2D eigenvalue weighted by molar-refractivity contribution is 6.33. The van der Waals surface area contributed by atoms with E-state index in [1.165, 1.54) is 17.2 Å². The van der Waals surface area contributed by atoms with Crippen LogP contribution in [0.3, 0.4) is 0 Å². The van der Waals surface area contributed by atoms with Gasteiger partial charge in [0.2, 0.25) is 17.8 Å². The maximum absolute atomic E-state index is 13.5. The van der Waals surface area contributed by atoms with Gasteiger partial charge in [0.05, 0.1) is 22.8 Å². The molecule has 12 heteroatoms. The van der Waals surface area contributed by atoms with Gasteiger partial charge >= 0.3 is 6.09 Å². The van der Waals surface area contributed by atoms with Gasteiger partial charge in [-0.1, -0.05) is 36.4 Å². The quantitative estimate of drug-likeness (QED) is 0.185. The number of hydrogen-bond donors (Lipinski definition) is 4. The standard InChI is InChI=1S/C32H34ClN7O4/c1-5-27(41)36-20-10-12-21(13-11-20)37-29(42)19-14-22(18-40(17-19)31(43)44-32(2,3)4)38-30-35-16-25(33)28(39-30)24-15-34-26-9-7-6-8-23(24)26/h5-13,15-16,19,22,34H,1,14,17-18H2,2-4H3,(H,36,41)(H,37,42)(H,35,38,39)/t19-,22+/m1/s1. The highest BCUT2D eigenvalue weighted by Crippen LogP contribution is 2.33. The molecule has 3 amide bonds. The maximum Gasteiger partial charge on any atom is 0.410 e. The van der Waals surface area contributed by atoms with Crippen LogP contribution in [0.5, 0.6) is 0 Å². The van der Waals surface area contributed by atoms with E-state index in [9.17, 15) is 14.4 Å². The summed E-state index contributed by atoms with van der Waals surface area (Å²) in [5.41, 5.74) is 2.77. The molecule has 0 radical (unpaired) electrons. The van der Waals surface area contributed by atoms with Gasteiger partial charge in [0.15, 0.2) is 0 Å². The molecular formula is C32H34ClN7O4. The Balaban J connectivity index is 1.35. The minimum atomic E-state index is -0.703. The van der Waals surface area contributed by atoms with Gasteiger partial charge in [0.25, 0.3) is 0 Å². The average Bonchev–Trinajstić information content (AvgIpc) is 3.42. The van der Waals surface area contributed by atoms with Gasteiger partial charge in [-0.3, -0.25) is 9.59 Å². The molecule has 44 heavy (non-hydrogen) atoms. The zero-order valence-electron chi connectivity index (χ0n) is 24.7. The zero-order chi connectivity index (χ0) is 31.4. The summed E-state index contributed by atoms with van der Waals surface area (Å²) in [4.78, 5) is 52.0. The lowest BCUT2D eigenvalue weighted by Crippen LogP contribution is -2.52. The Bertz CT molecular complexity index is 1700. The van der Waals surface area contributed by atoms with Crippen LogP contribution in [0.2, 0.25) is 5.02 Å². The van der Waals surface area contributed by atoms with Crippen molar-refractivity contribution in [2.24, 2.45) is 5.92 Å². The number of benzene rings is 2. The van der Waals surface area contributed by atoms with E-state index >= 15 is 0 Å². The number of piperidine rings is 1. The van der Waals surface area contributed by atoms with Crippen molar-refractivity contribution in [2.45, 2.75) is 38.8 Å². The molecule has 0 unspecified atom stereocenters. The van der Waals surface area contributed by atoms with Crippen molar-refractivity contribution in [3.05, 3.63) is 78.6 Å². The topological polar surface area (TPSA) is 141 Å². The number of carbonyl (C=O) groups is 3. The Hall–Kier alpha value is -4.90. The molecular weight excluding hydrogens is 582 g/mol. The molecule has 228 valence electrons. The molecule has 5 rings (SSSR count). The molecule has 0 spiro atoms. The molecule has 2 aromatic carbocycles. The van der Waals surface area contributed by atoms with Crippen molar-refractivity contribution in [1.82, 2.24) is 19.9 Å². The van der Waals surface area contributed by atoms with Crippen LogP contribution in [0.25, 0.3) is 22.2 Å². The molecule has 0 saturated carbocycles. The predicted molar refractivity (Wildman–Crippen MR) is 172 cm³/mol. The number of para-hydroxylation sites is 1. The lowest BCUT2D eigenvalue weighted by molar-refractivity contribution is -0.121. The Morgan fingerprint density at radius 1 is 1.07 bits per heavy atom. The fourth-order valence-electron chi connectivity index (χ4n) is 5.02. The average molecular weight is 616 g/mol. The number of fused-ring (bicyclic) bond motifs is 1. The predicted octanol–water partition coefficient (Wildman–Crippen LogP) is 6.08. The van der Waals surface area contributed by atoms with Crippen LogP contribution in [-0.4, -0.2) is 62.5 Å². The number of H-pyrrole nitrogens is 1. The first kappa shape index (κ1) is 30.6. The lowest BCUT2D eigenvalue weighted by atomic mass is 9.93. The van der Waals surface area contributed by atoms with Gasteiger partial charge in [-0.2, -0.15) is 0 Å². The number of halogens is 1. The number of ether oxygens (including phenoxy) is 1. The van der Waals surface area contributed by atoms with Crippen LogP contribution in [0, 0.1) is 5.92 Å². The number of nitrogens with one attached hydrogen (secondary N) is 4. The van der Waals surface area contributed by atoms with E-state index in [-0.39, 0.29) is 30.9 Å². The second kappa shape index (κ2) is 12.8. The molecule has 1 fully saturated rings. The van der Waals surface area contributed by atoms with Gasteiger partial charge < -0.3 is 30.6 Å². The largest absolute Gasteiger partial charge is 0.444 e. The van der Waals surface area contributed by atoms with Crippen LogP contribution in [0.15, 0.2) is 73.6 Å². The SMILES string of the molecule is C=CC(=O)Nc1ccc(NC(=O)[C@@H]2C[C@H](Nc3ncc(Cl)c(-c4c[nH]c5ccccc45)n3)CN(C(=O)OC(C)(C)C)C2)cc1. The number of anilines is 3. The van der Waals surface area contributed by atoms with Crippen molar-refractivity contribution < 1.29 is 19.1 Å². The van der Waals surface area contributed by atoms with E-state index in [2.05, 4.69) is 32.5 Å². The van der Waals surface area contributed by atoms with Gasteiger partial charge in [0, 0.05) is 53.2 Å². The molecule has 0 aliphatic carbocycles. The molecule has 3 heterocycles. The Labute approximate surface area is 260 Å². The van der Waals surface area contributed by atoms with Gasteiger partial charge in [-0.25, -0.2) is 14.8 Å². The van der Waals surface area contributed by atoms with Crippen LogP contribution in [-0.2, 0) is 14.3 Å². The van der Waals surface area contributed by atoms with E-state index in [1.54, 1.807) is 45.0 Å². The van der Waals surface area contributed by atoms with Crippen LogP contribution in [0.4, 0.5) is 22.1 Å². The Kier molecular flexibility index (Phi) is 8.86. The Morgan fingerprint density at radius 2 is 1.77 bits per heavy atom. The molecule has 11 nitrogen and oxygen atoms in total. The number of likely N-dealkylation sites (tertiary alicyclic amines) is 1. The van der Waals surface area contributed by atoms with Crippen molar-refractivity contribution in [3.63, 3.8) is 0 Å².